The molecule has 9 nitrogen and oxygen atoms in total. The van der Waals surface area contributed by atoms with Crippen molar-refractivity contribution in [1.29, 1.82) is 0 Å². The standard InChI is InChI=1S/C27H34N6O3/c1-4-32(21-11-7-9-19(2)17-21)15-14-28-27(35)25-23(18-33(31-25)24-13-5-6-16-36-24)30-26(34)22-12-8-10-20(3)29-22/h7-12,17-18,24H,4-6,13-16H2,1-3H3,(H,28,35)(H,30,34). The summed E-state index contributed by atoms with van der Waals surface area (Å²) < 4.78 is 7.48. The van der Waals surface area contributed by atoms with Crippen LogP contribution in [-0.4, -0.2) is 52.8 Å². The molecule has 0 bridgehead atoms. The molecule has 1 saturated heterocycles. The molecule has 2 amide bonds. The van der Waals surface area contributed by atoms with Crippen molar-refractivity contribution in [3.05, 3.63) is 71.3 Å². The number of hydrogen-bond donors (Lipinski definition) is 2. The fourth-order valence-corrected chi connectivity index (χ4v) is 4.27. The number of nitrogens with zero attached hydrogens (tertiary/aromatic N) is 4. The van der Waals surface area contributed by atoms with Crippen molar-refractivity contribution in [1.82, 2.24) is 20.1 Å². The summed E-state index contributed by atoms with van der Waals surface area (Å²) in [5.41, 5.74) is 3.81. The first-order valence-electron chi connectivity index (χ1n) is 12.5. The number of ether oxygens (including phenoxy) is 1. The van der Waals surface area contributed by atoms with Gasteiger partial charge in [-0.2, -0.15) is 5.10 Å². The maximum atomic E-state index is 13.2. The van der Waals surface area contributed by atoms with E-state index in [-0.39, 0.29) is 23.5 Å². The molecule has 4 rings (SSSR count). The van der Waals surface area contributed by atoms with Crippen molar-refractivity contribution < 1.29 is 14.3 Å². The van der Waals surface area contributed by atoms with Crippen molar-refractivity contribution in [2.24, 2.45) is 0 Å². The first kappa shape index (κ1) is 25.4. The van der Waals surface area contributed by atoms with Crippen LogP contribution in [0, 0.1) is 13.8 Å². The smallest absolute Gasteiger partial charge is 0.274 e. The molecule has 9 heteroatoms. The van der Waals surface area contributed by atoms with E-state index in [0.717, 1.165) is 37.2 Å². The van der Waals surface area contributed by atoms with Gasteiger partial charge in [-0.25, -0.2) is 9.67 Å². The van der Waals surface area contributed by atoms with Crippen molar-refractivity contribution >= 4 is 23.2 Å². The summed E-state index contributed by atoms with van der Waals surface area (Å²) in [6, 6.07) is 13.5. The van der Waals surface area contributed by atoms with Crippen LogP contribution in [0.4, 0.5) is 11.4 Å². The number of hydrogen-bond acceptors (Lipinski definition) is 6. The van der Waals surface area contributed by atoms with Gasteiger partial charge in [-0.05, 0) is 69.9 Å². The molecule has 0 radical (unpaired) electrons. The molecule has 36 heavy (non-hydrogen) atoms. The quantitative estimate of drug-likeness (QED) is 0.468. The largest absolute Gasteiger partial charge is 0.370 e. The molecule has 190 valence electrons. The maximum Gasteiger partial charge on any atom is 0.274 e. The Morgan fingerprint density at radius 3 is 2.69 bits per heavy atom. The fraction of sp³-hybridized carbons (Fsp3) is 0.407. The summed E-state index contributed by atoms with van der Waals surface area (Å²) in [6.45, 7) is 8.51. The number of anilines is 2. The van der Waals surface area contributed by atoms with Gasteiger partial charge in [0.05, 0.1) is 11.9 Å². The van der Waals surface area contributed by atoms with Crippen molar-refractivity contribution in [3.63, 3.8) is 0 Å². The van der Waals surface area contributed by atoms with Crippen LogP contribution in [-0.2, 0) is 4.74 Å². The monoisotopic (exact) mass is 490 g/mol. The number of pyridine rings is 1. The number of nitrogens with one attached hydrogen (secondary N) is 2. The number of aromatic nitrogens is 3. The maximum absolute atomic E-state index is 13.2. The van der Waals surface area contributed by atoms with Gasteiger partial charge in [-0.3, -0.25) is 9.59 Å². The van der Waals surface area contributed by atoms with Gasteiger partial charge in [-0.15, -0.1) is 0 Å². The van der Waals surface area contributed by atoms with E-state index >= 15 is 0 Å². The van der Waals surface area contributed by atoms with Crippen LogP contribution in [0.5, 0.6) is 0 Å². The molecule has 0 aliphatic carbocycles. The normalized spacial score (nSPS) is 15.4. The minimum Gasteiger partial charge on any atom is -0.370 e. The van der Waals surface area contributed by atoms with Crippen LogP contribution in [0.15, 0.2) is 48.7 Å². The molecule has 3 heterocycles. The Morgan fingerprint density at radius 2 is 1.97 bits per heavy atom. The van der Waals surface area contributed by atoms with Crippen LogP contribution in [0.2, 0.25) is 0 Å². The molecule has 0 spiro atoms. The third-order valence-corrected chi connectivity index (χ3v) is 6.18. The van der Waals surface area contributed by atoms with E-state index in [4.69, 9.17) is 4.74 Å². The van der Waals surface area contributed by atoms with E-state index in [0.29, 0.717) is 25.4 Å². The van der Waals surface area contributed by atoms with Crippen LogP contribution >= 0.6 is 0 Å². The second-order valence-corrected chi connectivity index (χ2v) is 8.99. The fourth-order valence-electron chi connectivity index (χ4n) is 4.27. The van der Waals surface area contributed by atoms with E-state index in [1.165, 1.54) is 5.56 Å². The molecule has 1 aromatic carbocycles. The second-order valence-electron chi connectivity index (χ2n) is 8.99. The Kier molecular flexibility index (Phi) is 8.32. The zero-order chi connectivity index (χ0) is 25.5. The van der Waals surface area contributed by atoms with E-state index in [1.807, 2.05) is 19.1 Å². The van der Waals surface area contributed by atoms with Gasteiger partial charge in [-0.1, -0.05) is 18.2 Å². The van der Waals surface area contributed by atoms with Crippen LogP contribution in [0.1, 0.15) is 64.6 Å². The highest BCUT2D eigenvalue weighted by Crippen LogP contribution is 2.25. The van der Waals surface area contributed by atoms with Gasteiger partial charge in [0.15, 0.2) is 5.69 Å². The molecule has 1 fully saturated rings. The number of likely N-dealkylation sites (N-methyl/N-ethyl adjacent to an activating group) is 1. The lowest BCUT2D eigenvalue weighted by molar-refractivity contribution is -0.0395. The Labute approximate surface area is 211 Å². The Bertz CT molecular complexity index is 1200. The molecule has 2 N–H and O–H groups in total. The van der Waals surface area contributed by atoms with E-state index in [9.17, 15) is 9.59 Å². The van der Waals surface area contributed by atoms with E-state index in [2.05, 4.69) is 57.7 Å². The van der Waals surface area contributed by atoms with E-state index in [1.54, 1.807) is 23.0 Å². The Balaban J connectivity index is 1.48. The Morgan fingerprint density at radius 1 is 1.14 bits per heavy atom. The summed E-state index contributed by atoms with van der Waals surface area (Å²) in [5, 5.41) is 10.3. The minimum atomic E-state index is -0.395. The SMILES string of the molecule is CCN(CCNC(=O)c1nn(C2CCCCO2)cc1NC(=O)c1cccc(C)n1)c1cccc(C)c1. The third kappa shape index (κ3) is 6.28. The predicted molar refractivity (Wildman–Crippen MR) is 139 cm³/mol. The number of aryl methyl sites for hydroxylation is 2. The third-order valence-electron chi connectivity index (χ3n) is 6.18. The van der Waals surface area contributed by atoms with Crippen molar-refractivity contribution in [3.8, 4) is 0 Å². The average molecular weight is 491 g/mol. The van der Waals surface area contributed by atoms with E-state index < -0.39 is 5.91 Å². The van der Waals surface area contributed by atoms with Gasteiger partial charge in [0, 0.05) is 37.6 Å². The van der Waals surface area contributed by atoms with Gasteiger partial charge in [0.25, 0.3) is 11.8 Å². The van der Waals surface area contributed by atoms with Gasteiger partial charge >= 0.3 is 0 Å². The van der Waals surface area contributed by atoms with Crippen LogP contribution in [0.25, 0.3) is 0 Å². The second kappa shape index (κ2) is 11.8. The molecular weight excluding hydrogens is 456 g/mol. The number of benzene rings is 1. The minimum absolute atomic E-state index is 0.156. The van der Waals surface area contributed by atoms with Crippen LogP contribution in [0.3, 0.4) is 0 Å². The van der Waals surface area contributed by atoms with Gasteiger partial charge < -0.3 is 20.3 Å². The topological polar surface area (TPSA) is 101 Å². The number of carbonyl (C=O) groups is 2. The average Bonchev–Trinajstić information content (AvgIpc) is 3.31. The highest BCUT2D eigenvalue weighted by molar-refractivity contribution is 6.07. The highest BCUT2D eigenvalue weighted by atomic mass is 16.5. The summed E-state index contributed by atoms with van der Waals surface area (Å²) >= 11 is 0. The van der Waals surface area contributed by atoms with Crippen LogP contribution < -0.4 is 15.5 Å². The predicted octanol–water partition coefficient (Wildman–Crippen LogP) is 4.10. The van der Waals surface area contributed by atoms with Crippen molar-refractivity contribution in [2.45, 2.75) is 46.3 Å². The summed E-state index contributed by atoms with van der Waals surface area (Å²) in [5.74, 6) is -0.745. The molecule has 0 saturated carbocycles. The zero-order valence-corrected chi connectivity index (χ0v) is 21.2. The molecule has 1 unspecified atom stereocenters. The summed E-state index contributed by atoms with van der Waals surface area (Å²) in [7, 11) is 0. The van der Waals surface area contributed by atoms with Crippen molar-refractivity contribution in [2.75, 3.05) is 36.5 Å². The first-order chi connectivity index (χ1) is 17.4. The number of carbonyl (C=O) groups excluding carboxylic acids is 2. The number of rotatable bonds is 9. The lowest BCUT2D eigenvalue weighted by atomic mass is 10.2. The van der Waals surface area contributed by atoms with Gasteiger partial charge in [0.1, 0.15) is 11.9 Å². The number of amides is 2. The first-order valence-corrected chi connectivity index (χ1v) is 12.5. The highest BCUT2D eigenvalue weighted by Gasteiger charge is 2.24. The molecular formula is C27H34N6O3. The molecule has 1 aliphatic rings. The molecule has 3 aromatic rings. The molecule has 1 aliphatic heterocycles. The molecule has 1 atom stereocenters. The lowest BCUT2D eigenvalue weighted by Crippen LogP contribution is -2.35. The zero-order valence-electron chi connectivity index (χ0n) is 21.2. The summed E-state index contributed by atoms with van der Waals surface area (Å²) in [4.78, 5) is 32.5. The van der Waals surface area contributed by atoms with Gasteiger partial charge in [0.2, 0.25) is 0 Å². The summed E-state index contributed by atoms with van der Waals surface area (Å²) in [6.07, 6.45) is 4.24. The molecule has 2 aromatic heterocycles. The lowest BCUT2D eigenvalue weighted by Gasteiger charge is -2.23. The Hall–Kier alpha value is -3.72.